The second-order valence-corrected chi connectivity index (χ2v) is 8.35. The number of aromatic nitrogens is 2. The van der Waals surface area contributed by atoms with Crippen LogP contribution in [0.5, 0.6) is 0 Å². The molecule has 0 atom stereocenters. The summed E-state index contributed by atoms with van der Waals surface area (Å²) in [6.07, 6.45) is 9.84. The zero-order valence-electron chi connectivity index (χ0n) is 15.8. The Kier molecular flexibility index (Phi) is 4.82. The molecular formula is C20H31N5O. The molecule has 0 radical (unpaired) electrons. The van der Waals surface area contributed by atoms with E-state index in [1.807, 2.05) is 0 Å². The third-order valence-corrected chi connectivity index (χ3v) is 6.86. The summed E-state index contributed by atoms with van der Waals surface area (Å²) in [5, 5.41) is 0. The Labute approximate surface area is 156 Å². The molecule has 4 aliphatic rings. The highest BCUT2D eigenvalue weighted by atomic mass is 16.5. The molecular weight excluding hydrogens is 326 g/mol. The van der Waals surface area contributed by atoms with Gasteiger partial charge in [-0.15, -0.1) is 0 Å². The number of piperazine rings is 1. The van der Waals surface area contributed by atoms with Crippen LogP contribution in [0.25, 0.3) is 0 Å². The van der Waals surface area contributed by atoms with Crippen LogP contribution < -0.4 is 4.90 Å². The molecule has 3 aliphatic heterocycles. The first-order valence-electron chi connectivity index (χ1n) is 10.5. The van der Waals surface area contributed by atoms with Gasteiger partial charge >= 0.3 is 0 Å². The van der Waals surface area contributed by atoms with Crippen molar-refractivity contribution in [2.45, 2.75) is 57.2 Å². The van der Waals surface area contributed by atoms with E-state index in [1.165, 1.54) is 69.5 Å². The number of nitrogens with zero attached hydrogens (tertiary/aromatic N) is 5. The lowest BCUT2D eigenvalue weighted by Crippen LogP contribution is -2.64. The van der Waals surface area contributed by atoms with Crippen LogP contribution in [0.1, 0.15) is 43.4 Å². The molecule has 5 rings (SSSR count). The zero-order chi connectivity index (χ0) is 17.3. The van der Waals surface area contributed by atoms with Crippen molar-refractivity contribution in [1.82, 2.24) is 19.8 Å². The molecule has 0 unspecified atom stereocenters. The topological polar surface area (TPSA) is 44.7 Å². The normalized spacial score (nSPS) is 26.5. The number of fused-ring (bicyclic) bond motifs is 1. The minimum Gasteiger partial charge on any atom is -0.376 e. The predicted molar refractivity (Wildman–Crippen MR) is 101 cm³/mol. The van der Waals surface area contributed by atoms with Crippen molar-refractivity contribution in [3.8, 4) is 0 Å². The lowest BCUT2D eigenvalue weighted by Gasteiger charge is -2.50. The molecule has 3 fully saturated rings. The van der Waals surface area contributed by atoms with Gasteiger partial charge in [0.15, 0.2) is 0 Å². The number of anilines is 1. The van der Waals surface area contributed by atoms with E-state index in [1.54, 1.807) is 6.33 Å². The van der Waals surface area contributed by atoms with Gasteiger partial charge in [-0.1, -0.05) is 19.3 Å². The maximum Gasteiger partial charge on any atom is 0.137 e. The van der Waals surface area contributed by atoms with Gasteiger partial charge in [-0.05, 0) is 12.8 Å². The van der Waals surface area contributed by atoms with Gasteiger partial charge in [0.1, 0.15) is 12.1 Å². The summed E-state index contributed by atoms with van der Waals surface area (Å²) >= 11 is 0. The number of ether oxygens (including phenoxy) is 1. The second-order valence-electron chi connectivity index (χ2n) is 8.35. The molecule has 142 valence electrons. The predicted octanol–water partition coefficient (Wildman–Crippen LogP) is 1.69. The molecule has 1 aliphatic carbocycles. The van der Waals surface area contributed by atoms with Crippen LogP contribution in [0.4, 0.5) is 5.82 Å². The maximum atomic E-state index is 5.65. The SMILES string of the molecule is c1nc2c(c(N3CC(N4CCN(C5CCCCC5)CC4)C3)n1)COCC2. The third kappa shape index (κ3) is 3.23. The van der Waals surface area contributed by atoms with Crippen molar-refractivity contribution in [3.63, 3.8) is 0 Å². The molecule has 0 aromatic carbocycles. The van der Waals surface area contributed by atoms with E-state index in [0.717, 1.165) is 38.0 Å². The highest BCUT2D eigenvalue weighted by Gasteiger charge is 2.36. The van der Waals surface area contributed by atoms with Crippen LogP contribution in [0, 0.1) is 0 Å². The fraction of sp³-hybridized carbons (Fsp3) is 0.800. The fourth-order valence-electron chi connectivity index (χ4n) is 5.19. The molecule has 0 amide bonds. The summed E-state index contributed by atoms with van der Waals surface area (Å²) in [6.45, 7) is 8.67. The summed E-state index contributed by atoms with van der Waals surface area (Å²) < 4.78 is 5.65. The van der Waals surface area contributed by atoms with Gasteiger partial charge < -0.3 is 9.64 Å². The van der Waals surface area contributed by atoms with E-state index >= 15 is 0 Å². The molecule has 4 heterocycles. The average Bonchev–Trinajstić information content (AvgIpc) is 2.68. The van der Waals surface area contributed by atoms with Crippen molar-refractivity contribution in [1.29, 1.82) is 0 Å². The molecule has 0 spiro atoms. The Bertz CT molecular complexity index is 619. The van der Waals surface area contributed by atoms with Crippen LogP contribution in [0.2, 0.25) is 0 Å². The smallest absolute Gasteiger partial charge is 0.137 e. The first kappa shape index (κ1) is 16.9. The molecule has 0 bridgehead atoms. The highest BCUT2D eigenvalue weighted by Crippen LogP contribution is 2.30. The molecule has 1 aromatic heterocycles. The van der Waals surface area contributed by atoms with Crippen molar-refractivity contribution in [2.24, 2.45) is 0 Å². The fourth-order valence-corrected chi connectivity index (χ4v) is 5.19. The molecule has 6 nitrogen and oxygen atoms in total. The minimum atomic E-state index is 0.673. The summed E-state index contributed by atoms with van der Waals surface area (Å²) in [5.74, 6) is 1.12. The van der Waals surface area contributed by atoms with E-state index in [2.05, 4.69) is 24.7 Å². The summed E-state index contributed by atoms with van der Waals surface area (Å²) in [5.41, 5.74) is 2.41. The van der Waals surface area contributed by atoms with Crippen LogP contribution in [-0.2, 0) is 17.8 Å². The van der Waals surface area contributed by atoms with E-state index < -0.39 is 0 Å². The Morgan fingerprint density at radius 3 is 2.38 bits per heavy atom. The lowest BCUT2D eigenvalue weighted by atomic mass is 9.93. The zero-order valence-corrected chi connectivity index (χ0v) is 15.8. The van der Waals surface area contributed by atoms with Gasteiger partial charge in [0.25, 0.3) is 0 Å². The van der Waals surface area contributed by atoms with Crippen molar-refractivity contribution < 1.29 is 4.74 Å². The summed E-state index contributed by atoms with van der Waals surface area (Å²) in [4.78, 5) is 16.9. The molecule has 1 aromatic rings. The average molecular weight is 358 g/mol. The third-order valence-electron chi connectivity index (χ3n) is 6.86. The monoisotopic (exact) mass is 357 g/mol. The lowest BCUT2D eigenvalue weighted by molar-refractivity contribution is 0.0484. The summed E-state index contributed by atoms with van der Waals surface area (Å²) in [7, 11) is 0. The minimum absolute atomic E-state index is 0.673. The Hall–Kier alpha value is -1.24. The molecule has 2 saturated heterocycles. The van der Waals surface area contributed by atoms with Gasteiger partial charge in [-0.25, -0.2) is 9.97 Å². The van der Waals surface area contributed by atoms with Crippen LogP contribution in [0.3, 0.4) is 0 Å². The summed E-state index contributed by atoms with van der Waals surface area (Å²) in [6, 6.07) is 1.56. The van der Waals surface area contributed by atoms with E-state index in [9.17, 15) is 0 Å². The largest absolute Gasteiger partial charge is 0.376 e. The number of rotatable bonds is 3. The van der Waals surface area contributed by atoms with Gasteiger partial charge in [0.2, 0.25) is 0 Å². The van der Waals surface area contributed by atoms with Crippen molar-refractivity contribution in [2.75, 3.05) is 50.8 Å². The first-order chi connectivity index (χ1) is 12.9. The van der Waals surface area contributed by atoms with Crippen LogP contribution in [-0.4, -0.2) is 77.7 Å². The van der Waals surface area contributed by atoms with E-state index in [0.29, 0.717) is 12.6 Å². The van der Waals surface area contributed by atoms with Gasteiger partial charge in [-0.3, -0.25) is 9.80 Å². The first-order valence-corrected chi connectivity index (χ1v) is 10.5. The van der Waals surface area contributed by atoms with Gasteiger partial charge in [0.05, 0.1) is 18.9 Å². The molecule has 1 saturated carbocycles. The standard InChI is InChI=1S/C20H31N5O/c1-2-4-16(5-3-1)23-7-9-24(10-8-23)17-12-25(13-17)20-18-14-26-11-6-19(18)21-15-22-20/h15-17H,1-14H2. The number of hydrogen-bond donors (Lipinski definition) is 0. The van der Waals surface area contributed by atoms with Gasteiger partial charge in [-0.2, -0.15) is 0 Å². The highest BCUT2D eigenvalue weighted by molar-refractivity contribution is 5.51. The van der Waals surface area contributed by atoms with Crippen LogP contribution >= 0.6 is 0 Å². The Balaban J connectivity index is 1.15. The van der Waals surface area contributed by atoms with Crippen molar-refractivity contribution >= 4 is 5.82 Å². The number of hydrogen-bond acceptors (Lipinski definition) is 6. The Morgan fingerprint density at radius 2 is 1.62 bits per heavy atom. The van der Waals surface area contributed by atoms with Gasteiger partial charge in [0, 0.05) is 63.3 Å². The molecule has 0 N–H and O–H groups in total. The quantitative estimate of drug-likeness (QED) is 0.820. The van der Waals surface area contributed by atoms with Crippen LogP contribution in [0.15, 0.2) is 6.33 Å². The molecule has 6 heteroatoms. The molecule has 26 heavy (non-hydrogen) atoms. The van der Waals surface area contributed by atoms with E-state index in [4.69, 9.17) is 4.74 Å². The van der Waals surface area contributed by atoms with E-state index in [-0.39, 0.29) is 0 Å². The Morgan fingerprint density at radius 1 is 0.885 bits per heavy atom. The second kappa shape index (κ2) is 7.41. The maximum absolute atomic E-state index is 5.65. The van der Waals surface area contributed by atoms with Crippen molar-refractivity contribution in [3.05, 3.63) is 17.6 Å².